The summed E-state index contributed by atoms with van der Waals surface area (Å²) in [6.07, 6.45) is 0. The van der Waals surface area contributed by atoms with Gasteiger partial charge in [0.15, 0.2) is 0 Å². The first-order chi connectivity index (χ1) is 10.1. The average molecular weight is 303 g/mol. The number of hydrogen-bond donors (Lipinski definition) is 2. The van der Waals surface area contributed by atoms with Gasteiger partial charge in [-0.15, -0.1) is 0 Å². The summed E-state index contributed by atoms with van der Waals surface area (Å²) in [6, 6.07) is 15.8. The summed E-state index contributed by atoms with van der Waals surface area (Å²) >= 11 is 6.19. The fourth-order valence-electron chi connectivity index (χ4n) is 2.12. The molecular formula is C17H19ClN2O. The van der Waals surface area contributed by atoms with E-state index in [1.807, 2.05) is 48.5 Å². The monoisotopic (exact) mass is 302 g/mol. The third kappa shape index (κ3) is 4.59. The molecule has 0 aliphatic carbocycles. The Hall–Kier alpha value is -1.84. The van der Waals surface area contributed by atoms with E-state index in [1.165, 1.54) is 6.92 Å². The Morgan fingerprint density at radius 3 is 2.43 bits per heavy atom. The quantitative estimate of drug-likeness (QED) is 0.871. The lowest BCUT2D eigenvalue weighted by Gasteiger charge is -2.16. The maximum Gasteiger partial charge on any atom is 0.221 e. The smallest absolute Gasteiger partial charge is 0.221 e. The summed E-state index contributed by atoms with van der Waals surface area (Å²) in [7, 11) is 0. The number of hydrogen-bond acceptors (Lipinski definition) is 2. The lowest BCUT2D eigenvalue weighted by Crippen LogP contribution is -2.18. The van der Waals surface area contributed by atoms with Gasteiger partial charge in [-0.1, -0.05) is 41.9 Å². The van der Waals surface area contributed by atoms with E-state index < -0.39 is 0 Å². The molecule has 0 fully saturated rings. The lowest BCUT2D eigenvalue weighted by molar-refractivity contribution is -0.114. The number of nitrogens with one attached hydrogen (secondary N) is 2. The zero-order chi connectivity index (χ0) is 15.2. The highest BCUT2D eigenvalue weighted by Crippen LogP contribution is 2.22. The Labute approximate surface area is 130 Å². The molecule has 0 spiro atoms. The number of carbonyl (C=O) groups is 1. The van der Waals surface area contributed by atoms with E-state index in [4.69, 9.17) is 11.6 Å². The number of halogens is 1. The SMILES string of the molecule is CC(=O)Nc1ccc(CN[C@@H](C)c2ccccc2Cl)cc1. The van der Waals surface area contributed by atoms with Crippen molar-refractivity contribution in [3.8, 4) is 0 Å². The second-order valence-electron chi connectivity index (χ2n) is 5.00. The average Bonchev–Trinajstić information content (AvgIpc) is 2.46. The maximum absolute atomic E-state index is 11.0. The van der Waals surface area contributed by atoms with Crippen LogP contribution in [0.3, 0.4) is 0 Å². The fraction of sp³-hybridized carbons (Fsp3) is 0.235. The first kappa shape index (κ1) is 15.5. The van der Waals surface area contributed by atoms with E-state index in [0.29, 0.717) is 0 Å². The fourth-order valence-corrected chi connectivity index (χ4v) is 2.42. The van der Waals surface area contributed by atoms with Crippen LogP contribution in [0, 0.1) is 0 Å². The van der Waals surface area contributed by atoms with Crippen LogP contribution in [0.1, 0.15) is 31.0 Å². The normalized spacial score (nSPS) is 12.0. The predicted octanol–water partition coefficient (Wildman–Crippen LogP) is 4.15. The van der Waals surface area contributed by atoms with Crippen LogP contribution in [-0.4, -0.2) is 5.91 Å². The molecule has 0 unspecified atom stereocenters. The second-order valence-corrected chi connectivity index (χ2v) is 5.41. The molecule has 2 aromatic carbocycles. The zero-order valence-electron chi connectivity index (χ0n) is 12.2. The van der Waals surface area contributed by atoms with Crippen molar-refractivity contribution in [1.29, 1.82) is 0 Å². The van der Waals surface area contributed by atoms with Crippen molar-refractivity contribution in [3.63, 3.8) is 0 Å². The van der Waals surface area contributed by atoms with E-state index in [0.717, 1.165) is 28.4 Å². The highest BCUT2D eigenvalue weighted by atomic mass is 35.5. The minimum atomic E-state index is -0.0618. The number of benzene rings is 2. The molecule has 110 valence electrons. The van der Waals surface area contributed by atoms with Gasteiger partial charge in [-0.2, -0.15) is 0 Å². The molecule has 4 heteroatoms. The third-order valence-corrected chi connectivity index (χ3v) is 3.60. The van der Waals surface area contributed by atoms with Crippen LogP contribution in [0.5, 0.6) is 0 Å². The predicted molar refractivity (Wildman–Crippen MR) is 87.5 cm³/mol. The number of carbonyl (C=O) groups excluding carboxylic acids is 1. The minimum absolute atomic E-state index is 0.0618. The van der Waals surface area contributed by atoms with Crippen molar-refractivity contribution in [2.24, 2.45) is 0 Å². The van der Waals surface area contributed by atoms with Gasteiger partial charge >= 0.3 is 0 Å². The van der Waals surface area contributed by atoms with Crippen molar-refractivity contribution >= 4 is 23.2 Å². The van der Waals surface area contributed by atoms with Crippen molar-refractivity contribution < 1.29 is 4.79 Å². The number of amides is 1. The molecule has 3 nitrogen and oxygen atoms in total. The summed E-state index contributed by atoms with van der Waals surface area (Å²) < 4.78 is 0. The van der Waals surface area contributed by atoms with Gasteiger partial charge in [0.05, 0.1) is 0 Å². The van der Waals surface area contributed by atoms with E-state index in [1.54, 1.807) is 0 Å². The Morgan fingerprint density at radius 1 is 1.14 bits per heavy atom. The van der Waals surface area contributed by atoms with Gasteiger partial charge in [0.2, 0.25) is 5.91 Å². The van der Waals surface area contributed by atoms with Gasteiger partial charge in [0.1, 0.15) is 0 Å². The highest BCUT2D eigenvalue weighted by molar-refractivity contribution is 6.31. The summed E-state index contributed by atoms with van der Waals surface area (Å²) in [5.74, 6) is -0.0618. The molecule has 2 aromatic rings. The largest absolute Gasteiger partial charge is 0.326 e. The van der Waals surface area contributed by atoms with Gasteiger partial charge in [0, 0.05) is 30.2 Å². The van der Waals surface area contributed by atoms with Gasteiger partial charge in [-0.25, -0.2) is 0 Å². The van der Waals surface area contributed by atoms with Crippen LogP contribution in [0.25, 0.3) is 0 Å². The van der Waals surface area contributed by atoms with Crippen LogP contribution in [0.2, 0.25) is 5.02 Å². The van der Waals surface area contributed by atoms with Gasteiger partial charge < -0.3 is 10.6 Å². The molecule has 0 radical (unpaired) electrons. The van der Waals surface area contributed by atoms with Crippen molar-refractivity contribution in [2.45, 2.75) is 26.4 Å². The Bertz CT molecular complexity index is 610. The van der Waals surface area contributed by atoms with Crippen molar-refractivity contribution in [2.75, 3.05) is 5.32 Å². The molecule has 1 amide bonds. The molecule has 0 saturated carbocycles. The van der Waals surface area contributed by atoms with E-state index in [-0.39, 0.29) is 11.9 Å². The highest BCUT2D eigenvalue weighted by Gasteiger charge is 2.08. The van der Waals surface area contributed by atoms with Gasteiger partial charge in [0.25, 0.3) is 0 Å². The van der Waals surface area contributed by atoms with Crippen LogP contribution in [0.4, 0.5) is 5.69 Å². The molecular weight excluding hydrogens is 284 g/mol. The summed E-state index contributed by atoms with van der Waals surface area (Å²) in [4.78, 5) is 11.0. The molecule has 1 atom stereocenters. The molecule has 21 heavy (non-hydrogen) atoms. The molecule has 0 bridgehead atoms. The molecule has 0 aromatic heterocycles. The Morgan fingerprint density at radius 2 is 1.81 bits per heavy atom. The molecule has 2 rings (SSSR count). The topological polar surface area (TPSA) is 41.1 Å². The van der Waals surface area contributed by atoms with Crippen LogP contribution in [0.15, 0.2) is 48.5 Å². The third-order valence-electron chi connectivity index (χ3n) is 3.26. The molecule has 0 aliphatic rings. The molecule has 0 heterocycles. The minimum Gasteiger partial charge on any atom is -0.326 e. The number of rotatable bonds is 5. The maximum atomic E-state index is 11.0. The van der Waals surface area contributed by atoms with E-state index in [2.05, 4.69) is 17.6 Å². The Balaban J connectivity index is 1.94. The van der Waals surface area contributed by atoms with Crippen LogP contribution < -0.4 is 10.6 Å². The van der Waals surface area contributed by atoms with Gasteiger partial charge in [-0.05, 0) is 36.2 Å². The molecule has 0 aliphatic heterocycles. The number of anilines is 1. The van der Waals surface area contributed by atoms with E-state index >= 15 is 0 Å². The van der Waals surface area contributed by atoms with Gasteiger partial charge in [-0.3, -0.25) is 4.79 Å². The summed E-state index contributed by atoms with van der Waals surface area (Å²) in [5, 5.41) is 6.97. The standard InChI is InChI=1S/C17H19ClN2O/c1-12(16-5-3-4-6-17(16)18)19-11-14-7-9-15(10-8-14)20-13(2)21/h3-10,12,19H,11H2,1-2H3,(H,20,21)/t12-/m0/s1. The molecule has 2 N–H and O–H groups in total. The van der Waals surface area contributed by atoms with E-state index in [9.17, 15) is 4.79 Å². The van der Waals surface area contributed by atoms with Crippen LogP contribution in [-0.2, 0) is 11.3 Å². The second kappa shape index (κ2) is 7.25. The first-order valence-electron chi connectivity index (χ1n) is 6.90. The van der Waals surface area contributed by atoms with Crippen molar-refractivity contribution in [3.05, 3.63) is 64.7 Å². The Kier molecular flexibility index (Phi) is 5.37. The summed E-state index contributed by atoms with van der Waals surface area (Å²) in [5.41, 5.74) is 3.06. The van der Waals surface area contributed by atoms with Crippen LogP contribution >= 0.6 is 11.6 Å². The summed E-state index contributed by atoms with van der Waals surface area (Å²) in [6.45, 7) is 4.33. The molecule has 0 saturated heterocycles. The lowest BCUT2D eigenvalue weighted by atomic mass is 10.1. The van der Waals surface area contributed by atoms with Crippen molar-refractivity contribution in [1.82, 2.24) is 5.32 Å². The first-order valence-corrected chi connectivity index (χ1v) is 7.28. The zero-order valence-corrected chi connectivity index (χ0v) is 12.9.